The molecule has 3 aromatic rings. The van der Waals surface area contributed by atoms with Crippen LogP contribution in [0.1, 0.15) is 52.1 Å². The predicted molar refractivity (Wildman–Crippen MR) is 99.8 cm³/mol. The van der Waals surface area contributed by atoms with Crippen LogP contribution in [0.3, 0.4) is 0 Å². The Morgan fingerprint density at radius 2 is 1.89 bits per heavy atom. The van der Waals surface area contributed by atoms with Gasteiger partial charge in [0.25, 0.3) is 0 Å². The van der Waals surface area contributed by atoms with Crippen LogP contribution in [0.25, 0.3) is 0 Å². The van der Waals surface area contributed by atoms with Crippen molar-refractivity contribution in [1.29, 1.82) is 0 Å². The number of aromatic nitrogens is 3. The Morgan fingerprint density at radius 1 is 1.18 bits per heavy atom. The highest BCUT2D eigenvalue weighted by molar-refractivity contribution is 5.96. The molecule has 1 amide bonds. The van der Waals surface area contributed by atoms with E-state index in [2.05, 4.69) is 15.4 Å². The molecule has 0 radical (unpaired) electrons. The maximum Gasteiger partial charge on any atom is 0.249 e. The van der Waals surface area contributed by atoms with Gasteiger partial charge in [-0.15, -0.1) is 0 Å². The van der Waals surface area contributed by atoms with Gasteiger partial charge in [-0.3, -0.25) is 9.48 Å². The van der Waals surface area contributed by atoms with Crippen molar-refractivity contribution in [2.45, 2.75) is 24.8 Å². The minimum absolute atomic E-state index is 0.139. The van der Waals surface area contributed by atoms with E-state index in [1.165, 1.54) is 24.5 Å². The number of hydrogen-bond acceptors (Lipinski definition) is 4. The fraction of sp³-hybridized carbons (Fsp3) is 0.250. The molecule has 1 unspecified atom stereocenters. The molecule has 0 spiro atoms. The Kier molecular flexibility index (Phi) is 4.33. The number of benzene rings is 2. The lowest BCUT2D eigenvalue weighted by Crippen LogP contribution is -2.33. The van der Waals surface area contributed by atoms with Crippen molar-refractivity contribution < 1.29 is 13.6 Å². The Morgan fingerprint density at radius 3 is 2.50 bits per heavy atom. The van der Waals surface area contributed by atoms with Gasteiger partial charge in [0.2, 0.25) is 5.91 Å². The minimum Gasteiger partial charge on any atom is -0.377 e. The van der Waals surface area contributed by atoms with E-state index in [9.17, 15) is 13.6 Å². The van der Waals surface area contributed by atoms with Crippen LogP contribution >= 0.6 is 0 Å². The Balaban J connectivity index is 1.93. The maximum atomic E-state index is 14.1. The molecule has 2 aromatic carbocycles. The summed E-state index contributed by atoms with van der Waals surface area (Å²) in [5.41, 5.74) is 7.61. The fourth-order valence-corrected chi connectivity index (χ4v) is 4.10. The summed E-state index contributed by atoms with van der Waals surface area (Å²) in [6.07, 6.45) is 1.46. The number of fused-ring (bicyclic) bond motifs is 1. The number of carbonyl (C=O) groups is 1. The Hall–Kier alpha value is -3.29. The van der Waals surface area contributed by atoms with E-state index in [1.807, 2.05) is 6.92 Å². The first kappa shape index (κ1) is 18.1. The summed E-state index contributed by atoms with van der Waals surface area (Å²) in [6, 6.07) is 8.31. The molecule has 1 aromatic heterocycles. The van der Waals surface area contributed by atoms with E-state index in [4.69, 9.17) is 5.73 Å². The van der Waals surface area contributed by atoms with Gasteiger partial charge in [-0.05, 0) is 41.3 Å². The SMILES string of the molecule is CC1c2c(cc(F)cc2C(N)=O)N[C@H](c2ccc(F)cc2)[C@H]1c1ncnn1C. The van der Waals surface area contributed by atoms with Crippen LogP contribution in [0.2, 0.25) is 0 Å². The summed E-state index contributed by atoms with van der Waals surface area (Å²) in [5.74, 6) is -1.36. The first-order valence-corrected chi connectivity index (χ1v) is 8.86. The number of amides is 1. The third-order valence-electron chi connectivity index (χ3n) is 5.35. The lowest BCUT2D eigenvalue weighted by atomic mass is 9.74. The second-order valence-electron chi connectivity index (χ2n) is 7.01. The number of anilines is 1. The highest BCUT2D eigenvalue weighted by Crippen LogP contribution is 2.50. The zero-order valence-electron chi connectivity index (χ0n) is 15.4. The monoisotopic (exact) mass is 383 g/mol. The van der Waals surface area contributed by atoms with Crippen molar-refractivity contribution in [1.82, 2.24) is 14.8 Å². The van der Waals surface area contributed by atoms with Crippen molar-refractivity contribution >= 4 is 11.6 Å². The van der Waals surface area contributed by atoms with Crippen LogP contribution in [-0.4, -0.2) is 20.7 Å². The van der Waals surface area contributed by atoms with Gasteiger partial charge in [0.05, 0.1) is 6.04 Å². The largest absolute Gasteiger partial charge is 0.377 e. The smallest absolute Gasteiger partial charge is 0.249 e. The number of halogens is 2. The van der Waals surface area contributed by atoms with Crippen LogP contribution in [0, 0.1) is 11.6 Å². The Bertz CT molecular complexity index is 1050. The molecule has 3 N–H and O–H groups in total. The number of aryl methyl sites for hydroxylation is 1. The molecular weight excluding hydrogens is 364 g/mol. The van der Waals surface area contributed by atoms with Gasteiger partial charge in [0.15, 0.2) is 0 Å². The maximum absolute atomic E-state index is 14.1. The van der Waals surface area contributed by atoms with Crippen molar-refractivity contribution in [3.05, 3.63) is 76.9 Å². The van der Waals surface area contributed by atoms with Crippen molar-refractivity contribution in [2.75, 3.05) is 5.32 Å². The van der Waals surface area contributed by atoms with E-state index < -0.39 is 11.7 Å². The number of nitrogens with zero attached hydrogens (tertiary/aromatic N) is 3. The van der Waals surface area contributed by atoms with Crippen molar-refractivity contribution in [3.63, 3.8) is 0 Å². The molecule has 2 heterocycles. The summed E-state index contributed by atoms with van der Waals surface area (Å²) in [5, 5.41) is 7.48. The van der Waals surface area contributed by atoms with Crippen molar-refractivity contribution in [3.8, 4) is 0 Å². The zero-order chi connectivity index (χ0) is 20.0. The fourth-order valence-electron chi connectivity index (χ4n) is 4.10. The molecule has 8 heteroatoms. The summed E-state index contributed by atoms with van der Waals surface area (Å²) in [6.45, 7) is 1.94. The van der Waals surface area contributed by atoms with E-state index in [0.29, 0.717) is 17.1 Å². The number of carbonyl (C=O) groups excluding carboxylic acids is 1. The molecule has 0 fully saturated rings. The summed E-state index contributed by atoms with van der Waals surface area (Å²) >= 11 is 0. The summed E-state index contributed by atoms with van der Waals surface area (Å²) < 4.78 is 29.3. The van der Waals surface area contributed by atoms with Gasteiger partial charge < -0.3 is 11.1 Å². The van der Waals surface area contributed by atoms with E-state index >= 15 is 0 Å². The highest BCUT2D eigenvalue weighted by Gasteiger charge is 2.40. The van der Waals surface area contributed by atoms with Gasteiger partial charge in [-0.25, -0.2) is 13.8 Å². The second-order valence-corrected chi connectivity index (χ2v) is 7.01. The quantitative estimate of drug-likeness (QED) is 0.727. The Labute approximate surface area is 160 Å². The lowest BCUT2D eigenvalue weighted by molar-refractivity contribution is 0.0998. The summed E-state index contributed by atoms with van der Waals surface area (Å²) in [7, 11) is 1.78. The van der Waals surface area contributed by atoms with Crippen LogP contribution in [0.15, 0.2) is 42.7 Å². The average molecular weight is 383 g/mol. The average Bonchev–Trinajstić information content (AvgIpc) is 3.06. The number of hydrogen-bond donors (Lipinski definition) is 2. The van der Waals surface area contributed by atoms with E-state index in [-0.39, 0.29) is 29.3 Å². The lowest BCUT2D eigenvalue weighted by Gasteiger charge is -2.39. The number of nitrogens with one attached hydrogen (secondary N) is 1. The van der Waals surface area contributed by atoms with Crippen LogP contribution in [0.5, 0.6) is 0 Å². The van der Waals surface area contributed by atoms with Gasteiger partial charge >= 0.3 is 0 Å². The van der Waals surface area contributed by atoms with Crippen LogP contribution < -0.4 is 11.1 Å². The van der Waals surface area contributed by atoms with Gasteiger partial charge in [0, 0.05) is 24.2 Å². The highest BCUT2D eigenvalue weighted by atomic mass is 19.1. The zero-order valence-corrected chi connectivity index (χ0v) is 15.4. The minimum atomic E-state index is -0.693. The molecule has 0 aliphatic carbocycles. The molecule has 0 saturated heterocycles. The topological polar surface area (TPSA) is 85.8 Å². The second kappa shape index (κ2) is 6.70. The number of rotatable bonds is 3. The van der Waals surface area contributed by atoms with Crippen LogP contribution in [-0.2, 0) is 7.05 Å². The molecule has 3 atom stereocenters. The predicted octanol–water partition coefficient (Wildman–Crippen LogP) is 3.25. The number of primary amides is 1. The van der Waals surface area contributed by atoms with E-state index in [1.54, 1.807) is 23.9 Å². The third kappa shape index (κ3) is 2.90. The van der Waals surface area contributed by atoms with Gasteiger partial charge in [0.1, 0.15) is 23.8 Å². The first-order valence-electron chi connectivity index (χ1n) is 8.86. The molecule has 1 aliphatic rings. The first-order chi connectivity index (χ1) is 13.4. The van der Waals surface area contributed by atoms with Gasteiger partial charge in [-0.1, -0.05) is 19.1 Å². The summed E-state index contributed by atoms with van der Waals surface area (Å²) in [4.78, 5) is 16.4. The van der Waals surface area contributed by atoms with Crippen LogP contribution in [0.4, 0.5) is 14.5 Å². The standard InChI is InChI=1S/C20H19F2N5O/c1-10-16-14(19(23)28)7-13(22)8-15(16)26-18(11-3-5-12(21)6-4-11)17(10)20-24-9-25-27(20)2/h3-10,17-18,26H,1-2H3,(H2,23,28)/t10?,17-,18+/m0/s1. The van der Waals surface area contributed by atoms with Gasteiger partial charge in [-0.2, -0.15) is 5.10 Å². The molecule has 0 saturated carbocycles. The number of nitrogens with two attached hydrogens (primary N) is 1. The molecule has 1 aliphatic heterocycles. The van der Waals surface area contributed by atoms with E-state index in [0.717, 1.165) is 11.6 Å². The molecule has 144 valence electrons. The third-order valence-corrected chi connectivity index (χ3v) is 5.35. The molecule has 28 heavy (non-hydrogen) atoms. The van der Waals surface area contributed by atoms with Crippen molar-refractivity contribution in [2.24, 2.45) is 12.8 Å². The molecule has 4 rings (SSSR count). The molecule has 0 bridgehead atoms. The normalized spacial score (nSPS) is 21.1. The molecular formula is C20H19F2N5O. The molecule has 6 nitrogen and oxygen atoms in total.